The number of anilines is 1. The molecule has 5 nitrogen and oxygen atoms in total. The molecule has 4 rings (SSSR count). The largest absolute Gasteiger partial charge is 0.497 e. The van der Waals surface area contributed by atoms with Crippen molar-refractivity contribution in [2.24, 2.45) is 0 Å². The first-order valence-electron chi connectivity index (χ1n) is 9.19. The lowest BCUT2D eigenvalue weighted by atomic mass is 10.0. The summed E-state index contributed by atoms with van der Waals surface area (Å²) >= 11 is 0. The average Bonchev–Trinajstić information content (AvgIpc) is 3.28. The predicted molar refractivity (Wildman–Crippen MR) is 107 cm³/mol. The van der Waals surface area contributed by atoms with Gasteiger partial charge in [0, 0.05) is 30.4 Å². The molecule has 0 saturated carbocycles. The van der Waals surface area contributed by atoms with Crippen LogP contribution in [0, 0.1) is 0 Å². The van der Waals surface area contributed by atoms with Gasteiger partial charge < -0.3 is 14.4 Å². The van der Waals surface area contributed by atoms with E-state index in [9.17, 15) is 0 Å². The zero-order chi connectivity index (χ0) is 18.6. The number of nitrogens with zero attached hydrogens (tertiary/aromatic N) is 3. The van der Waals surface area contributed by atoms with Gasteiger partial charge in [0.2, 0.25) is 5.95 Å². The van der Waals surface area contributed by atoms with Crippen LogP contribution in [0.5, 0.6) is 11.5 Å². The van der Waals surface area contributed by atoms with Crippen LogP contribution in [0.4, 0.5) is 5.95 Å². The van der Waals surface area contributed by atoms with Crippen LogP contribution in [0.1, 0.15) is 12.8 Å². The van der Waals surface area contributed by atoms with E-state index in [4.69, 9.17) is 14.5 Å². The standard InChI is InChI=1S/C22H23N3O2/c1-26-18-9-5-16(6-10-18)20-15-23-22(25-13-3-4-14-25)24-21(20)17-7-11-19(27-2)12-8-17/h5-12,15H,3-4,13-14H2,1-2H3. The molecule has 27 heavy (non-hydrogen) atoms. The first-order chi connectivity index (χ1) is 13.3. The molecule has 0 radical (unpaired) electrons. The van der Waals surface area contributed by atoms with E-state index in [1.165, 1.54) is 12.8 Å². The van der Waals surface area contributed by atoms with Crippen molar-refractivity contribution in [1.29, 1.82) is 0 Å². The lowest BCUT2D eigenvalue weighted by molar-refractivity contribution is 0.414. The lowest BCUT2D eigenvalue weighted by Crippen LogP contribution is -2.20. The van der Waals surface area contributed by atoms with Crippen LogP contribution in [0.25, 0.3) is 22.4 Å². The minimum atomic E-state index is 0.801. The van der Waals surface area contributed by atoms with Crippen LogP contribution in [-0.2, 0) is 0 Å². The van der Waals surface area contributed by atoms with E-state index in [-0.39, 0.29) is 0 Å². The van der Waals surface area contributed by atoms with Crippen molar-refractivity contribution in [2.45, 2.75) is 12.8 Å². The highest BCUT2D eigenvalue weighted by Gasteiger charge is 2.18. The Balaban J connectivity index is 1.80. The van der Waals surface area contributed by atoms with Gasteiger partial charge in [-0.1, -0.05) is 12.1 Å². The molecule has 1 aromatic heterocycles. The van der Waals surface area contributed by atoms with Crippen molar-refractivity contribution >= 4 is 5.95 Å². The maximum Gasteiger partial charge on any atom is 0.225 e. The summed E-state index contributed by atoms with van der Waals surface area (Å²) in [5.41, 5.74) is 4.05. The number of benzene rings is 2. The van der Waals surface area contributed by atoms with Crippen molar-refractivity contribution in [3.05, 3.63) is 54.7 Å². The van der Waals surface area contributed by atoms with Crippen LogP contribution in [0.15, 0.2) is 54.7 Å². The third kappa shape index (κ3) is 3.58. The fourth-order valence-electron chi connectivity index (χ4n) is 3.39. The molecule has 1 aliphatic heterocycles. The van der Waals surface area contributed by atoms with Gasteiger partial charge in [-0.25, -0.2) is 9.97 Å². The predicted octanol–water partition coefficient (Wildman–Crippen LogP) is 4.43. The minimum absolute atomic E-state index is 0.801. The normalized spacial score (nSPS) is 13.6. The molecule has 0 unspecified atom stereocenters. The van der Waals surface area contributed by atoms with Gasteiger partial charge in [0.15, 0.2) is 0 Å². The quantitative estimate of drug-likeness (QED) is 0.673. The van der Waals surface area contributed by atoms with E-state index in [0.29, 0.717) is 0 Å². The second kappa shape index (κ2) is 7.66. The van der Waals surface area contributed by atoms with E-state index < -0.39 is 0 Å². The van der Waals surface area contributed by atoms with Gasteiger partial charge >= 0.3 is 0 Å². The lowest BCUT2D eigenvalue weighted by Gasteiger charge is -2.18. The molecular formula is C22H23N3O2. The molecule has 5 heteroatoms. The Morgan fingerprint density at radius 3 is 1.89 bits per heavy atom. The number of hydrogen-bond donors (Lipinski definition) is 0. The zero-order valence-corrected chi connectivity index (χ0v) is 15.7. The van der Waals surface area contributed by atoms with Gasteiger partial charge in [-0.15, -0.1) is 0 Å². The summed E-state index contributed by atoms with van der Waals surface area (Å²) in [5, 5.41) is 0. The van der Waals surface area contributed by atoms with Gasteiger partial charge in [0.05, 0.1) is 19.9 Å². The van der Waals surface area contributed by atoms with E-state index >= 15 is 0 Å². The Labute approximate surface area is 159 Å². The van der Waals surface area contributed by atoms with Gasteiger partial charge in [0.1, 0.15) is 11.5 Å². The highest BCUT2D eigenvalue weighted by Crippen LogP contribution is 2.33. The molecule has 3 aromatic rings. The molecular weight excluding hydrogens is 338 g/mol. The van der Waals surface area contributed by atoms with E-state index in [1.807, 2.05) is 54.7 Å². The molecule has 0 spiro atoms. The number of rotatable bonds is 5. The third-order valence-corrected chi connectivity index (χ3v) is 4.93. The van der Waals surface area contributed by atoms with Crippen LogP contribution in [0.3, 0.4) is 0 Å². The number of aromatic nitrogens is 2. The Hall–Kier alpha value is -3.08. The number of hydrogen-bond acceptors (Lipinski definition) is 5. The van der Waals surface area contributed by atoms with Crippen LogP contribution < -0.4 is 14.4 Å². The molecule has 2 heterocycles. The number of methoxy groups -OCH3 is 2. The summed E-state index contributed by atoms with van der Waals surface area (Å²) in [4.78, 5) is 11.9. The zero-order valence-electron chi connectivity index (χ0n) is 15.7. The first-order valence-corrected chi connectivity index (χ1v) is 9.19. The third-order valence-electron chi connectivity index (χ3n) is 4.93. The maximum atomic E-state index is 5.30. The van der Waals surface area contributed by atoms with Crippen LogP contribution >= 0.6 is 0 Å². The second-order valence-corrected chi connectivity index (χ2v) is 6.58. The fraction of sp³-hybridized carbons (Fsp3) is 0.273. The Morgan fingerprint density at radius 1 is 0.778 bits per heavy atom. The summed E-state index contributed by atoms with van der Waals surface area (Å²) in [5.74, 6) is 2.47. The van der Waals surface area contributed by atoms with Gasteiger partial charge in [-0.2, -0.15) is 0 Å². The molecule has 138 valence electrons. The Bertz CT molecular complexity index is 902. The van der Waals surface area contributed by atoms with E-state index in [2.05, 4.69) is 9.88 Å². The van der Waals surface area contributed by atoms with Crippen molar-refractivity contribution in [1.82, 2.24) is 9.97 Å². The molecule has 2 aromatic carbocycles. The van der Waals surface area contributed by atoms with Crippen molar-refractivity contribution in [3.63, 3.8) is 0 Å². The van der Waals surface area contributed by atoms with Gasteiger partial charge in [-0.3, -0.25) is 0 Å². The van der Waals surface area contributed by atoms with Crippen molar-refractivity contribution in [3.8, 4) is 33.9 Å². The van der Waals surface area contributed by atoms with E-state index in [0.717, 1.165) is 52.9 Å². The average molecular weight is 361 g/mol. The molecule has 0 amide bonds. The van der Waals surface area contributed by atoms with Gasteiger partial charge in [-0.05, 0) is 54.8 Å². The minimum Gasteiger partial charge on any atom is -0.497 e. The molecule has 1 aliphatic rings. The second-order valence-electron chi connectivity index (χ2n) is 6.58. The van der Waals surface area contributed by atoms with E-state index in [1.54, 1.807) is 14.2 Å². The molecule has 1 fully saturated rings. The van der Waals surface area contributed by atoms with Gasteiger partial charge in [0.25, 0.3) is 0 Å². The summed E-state index contributed by atoms with van der Waals surface area (Å²) in [6.07, 6.45) is 4.32. The smallest absolute Gasteiger partial charge is 0.225 e. The summed E-state index contributed by atoms with van der Waals surface area (Å²) in [6, 6.07) is 16.0. The molecule has 0 aliphatic carbocycles. The maximum absolute atomic E-state index is 5.30. The molecule has 0 atom stereocenters. The van der Waals surface area contributed by atoms with Crippen LogP contribution in [-0.4, -0.2) is 37.3 Å². The van der Waals surface area contributed by atoms with Crippen molar-refractivity contribution in [2.75, 3.05) is 32.2 Å². The topological polar surface area (TPSA) is 47.5 Å². The van der Waals surface area contributed by atoms with Crippen LogP contribution in [0.2, 0.25) is 0 Å². The SMILES string of the molecule is COc1ccc(-c2cnc(N3CCCC3)nc2-c2ccc(OC)cc2)cc1. The first kappa shape index (κ1) is 17.3. The monoisotopic (exact) mass is 361 g/mol. The molecule has 0 bridgehead atoms. The Kier molecular flexibility index (Phi) is 4.92. The summed E-state index contributed by atoms with van der Waals surface area (Å²) in [6.45, 7) is 2.04. The fourth-order valence-corrected chi connectivity index (χ4v) is 3.39. The summed E-state index contributed by atoms with van der Waals surface area (Å²) in [7, 11) is 3.35. The highest BCUT2D eigenvalue weighted by molar-refractivity contribution is 5.81. The number of ether oxygens (including phenoxy) is 2. The molecule has 0 N–H and O–H groups in total. The Morgan fingerprint density at radius 2 is 1.33 bits per heavy atom. The molecule has 1 saturated heterocycles. The highest BCUT2D eigenvalue weighted by atomic mass is 16.5. The van der Waals surface area contributed by atoms with Crippen molar-refractivity contribution < 1.29 is 9.47 Å². The summed E-state index contributed by atoms with van der Waals surface area (Å²) < 4.78 is 10.6.